The SMILES string of the molecule is COC(=O)NC(C(=O)N1CCC[C@H]1c1nc2ccc(-c3sc4ccc(-c5ccc6c(ccc7nc([C@@H]8CCCN8C(=O)C(NC(=O)OC)C(C)C)[nH]c76)c5)cc4c3C)cc2[nH]1)C(C)C. The Kier molecular flexibility index (Phi) is 11.5. The van der Waals surface area contributed by atoms with Crippen molar-refractivity contribution in [3.8, 4) is 21.6 Å². The lowest BCUT2D eigenvalue weighted by Crippen LogP contribution is -2.51. The summed E-state index contributed by atoms with van der Waals surface area (Å²) in [4.78, 5) is 73.6. The first-order valence-electron chi connectivity index (χ1n) is 22.1. The van der Waals surface area contributed by atoms with Crippen LogP contribution in [0, 0.1) is 18.8 Å². The summed E-state index contributed by atoms with van der Waals surface area (Å²) in [6.45, 7) is 11.0. The smallest absolute Gasteiger partial charge is 0.407 e. The first-order chi connectivity index (χ1) is 30.8. The van der Waals surface area contributed by atoms with Crippen molar-refractivity contribution in [1.29, 1.82) is 0 Å². The van der Waals surface area contributed by atoms with E-state index in [1.54, 1.807) is 11.3 Å². The third kappa shape index (κ3) is 7.79. The van der Waals surface area contributed by atoms with E-state index in [0.717, 1.165) is 86.9 Å². The van der Waals surface area contributed by atoms with Crippen molar-refractivity contribution in [2.75, 3.05) is 27.3 Å². The molecule has 0 aliphatic carbocycles. The minimum atomic E-state index is -0.696. The van der Waals surface area contributed by atoms with Gasteiger partial charge in [-0.15, -0.1) is 11.3 Å². The molecule has 0 saturated carbocycles. The number of thiophene rings is 1. The lowest BCUT2D eigenvalue weighted by Gasteiger charge is -2.29. The number of nitrogens with one attached hydrogen (secondary N) is 4. The quantitative estimate of drug-likeness (QED) is 0.105. The van der Waals surface area contributed by atoms with Gasteiger partial charge in [0.1, 0.15) is 23.7 Å². The highest BCUT2D eigenvalue weighted by molar-refractivity contribution is 7.22. The lowest BCUT2D eigenvalue weighted by molar-refractivity contribution is -0.136. The number of nitrogens with zero attached hydrogens (tertiary/aromatic N) is 4. The zero-order chi connectivity index (χ0) is 45.0. The number of methoxy groups -OCH3 is 2. The molecular weight excluding hydrogens is 829 g/mol. The number of alkyl carbamates (subject to hydrolysis) is 2. The first kappa shape index (κ1) is 42.8. The van der Waals surface area contributed by atoms with Gasteiger partial charge in [0.2, 0.25) is 11.8 Å². The highest BCUT2D eigenvalue weighted by Gasteiger charge is 2.39. The van der Waals surface area contributed by atoms with Crippen LogP contribution < -0.4 is 10.6 Å². The van der Waals surface area contributed by atoms with E-state index in [4.69, 9.17) is 19.4 Å². The maximum absolute atomic E-state index is 13.8. The molecule has 15 heteroatoms. The third-order valence-electron chi connectivity index (χ3n) is 13.0. The molecule has 4 aromatic carbocycles. The van der Waals surface area contributed by atoms with Crippen LogP contribution in [-0.2, 0) is 19.1 Å². The van der Waals surface area contributed by atoms with Crippen molar-refractivity contribution in [3.05, 3.63) is 83.9 Å². The predicted octanol–water partition coefficient (Wildman–Crippen LogP) is 9.54. The Labute approximate surface area is 375 Å². The Balaban J connectivity index is 0.959. The average Bonchev–Trinajstić information content (AvgIpc) is 4.15. The second-order valence-electron chi connectivity index (χ2n) is 17.7. The van der Waals surface area contributed by atoms with Crippen LogP contribution in [0.5, 0.6) is 0 Å². The van der Waals surface area contributed by atoms with Crippen LogP contribution in [0.15, 0.2) is 66.7 Å². The van der Waals surface area contributed by atoms with Crippen LogP contribution >= 0.6 is 11.3 Å². The summed E-state index contributed by atoms with van der Waals surface area (Å²) in [6, 6.07) is 21.8. The molecule has 5 heterocycles. The van der Waals surface area contributed by atoms with Crippen molar-refractivity contribution in [2.24, 2.45) is 11.8 Å². The standard InChI is InChI=1S/C49H54N8O6S/c1-25(2)40(54-48(60)62-6)46(58)56-20-8-10-37(56)44-50-34-17-14-31(24-36(34)52-44)43-27(5)33-23-29(15-19-39(33)64-43)28-12-16-32-30(22-28)13-18-35-42(32)53-45(51-35)38-11-9-21-57(38)47(59)41(26(3)4)55-49(61)63-7/h12-19,22-26,37-38,40-41H,8-11,20-21H2,1-7H3,(H,50,52)(H,51,53)(H,54,60)(H,55,61)/t37-,38-,40?,41?/m0/s1. The molecule has 14 nitrogen and oxygen atoms in total. The van der Waals surface area contributed by atoms with E-state index in [1.165, 1.54) is 34.7 Å². The summed E-state index contributed by atoms with van der Waals surface area (Å²) < 4.78 is 10.8. The van der Waals surface area contributed by atoms with Crippen molar-refractivity contribution in [2.45, 2.75) is 84.5 Å². The Hall–Kier alpha value is -6.48. The van der Waals surface area contributed by atoms with Crippen molar-refractivity contribution in [1.82, 2.24) is 40.4 Å². The average molecular weight is 883 g/mol. The monoisotopic (exact) mass is 882 g/mol. The molecule has 3 aromatic heterocycles. The molecule has 0 bridgehead atoms. The number of hydrogen-bond acceptors (Lipinski definition) is 9. The van der Waals surface area contributed by atoms with Crippen molar-refractivity contribution >= 4 is 78.3 Å². The van der Waals surface area contributed by atoms with E-state index in [0.29, 0.717) is 13.1 Å². The summed E-state index contributed by atoms with van der Waals surface area (Å²) >= 11 is 1.77. The van der Waals surface area contributed by atoms with Crippen LogP contribution in [0.2, 0.25) is 0 Å². The number of carbonyl (C=O) groups is 4. The van der Waals surface area contributed by atoms with E-state index in [1.807, 2.05) is 49.6 Å². The number of carbonyl (C=O) groups excluding carboxylic acids is 4. The van der Waals surface area contributed by atoms with E-state index in [9.17, 15) is 19.2 Å². The number of imidazole rings is 2. The Morgan fingerprint density at radius 2 is 1.25 bits per heavy atom. The Morgan fingerprint density at radius 1 is 0.688 bits per heavy atom. The third-order valence-corrected chi connectivity index (χ3v) is 14.3. The summed E-state index contributed by atoms with van der Waals surface area (Å²) in [5.41, 5.74) is 8.07. The summed E-state index contributed by atoms with van der Waals surface area (Å²) in [7, 11) is 2.60. The lowest BCUT2D eigenvalue weighted by atomic mass is 9.98. The maximum atomic E-state index is 13.8. The van der Waals surface area contributed by atoms with Gasteiger partial charge in [-0.1, -0.05) is 58.0 Å². The molecule has 2 saturated heterocycles. The van der Waals surface area contributed by atoms with E-state index in [2.05, 4.69) is 82.1 Å². The highest BCUT2D eigenvalue weighted by Crippen LogP contribution is 2.42. The Morgan fingerprint density at radius 3 is 1.88 bits per heavy atom. The van der Waals surface area contributed by atoms with Gasteiger partial charge in [0, 0.05) is 28.1 Å². The number of H-pyrrole nitrogens is 2. The van der Waals surface area contributed by atoms with Gasteiger partial charge < -0.3 is 39.9 Å². The molecule has 2 unspecified atom stereocenters. The van der Waals surface area contributed by atoms with Gasteiger partial charge in [-0.3, -0.25) is 9.59 Å². The van der Waals surface area contributed by atoms with Gasteiger partial charge in [-0.2, -0.15) is 0 Å². The van der Waals surface area contributed by atoms with E-state index >= 15 is 0 Å². The fourth-order valence-electron chi connectivity index (χ4n) is 9.56. The molecular formula is C49H54N8O6S. The number of rotatable bonds is 10. The van der Waals surface area contributed by atoms with Crippen molar-refractivity contribution < 1.29 is 28.7 Å². The zero-order valence-corrected chi connectivity index (χ0v) is 38.0. The number of ether oxygens (including phenoxy) is 2. The number of aryl methyl sites for hydroxylation is 1. The second kappa shape index (κ2) is 17.2. The van der Waals surface area contributed by atoms with Gasteiger partial charge in [-0.25, -0.2) is 19.6 Å². The fourth-order valence-corrected chi connectivity index (χ4v) is 10.7. The molecule has 7 aromatic rings. The Bertz CT molecular complexity index is 2950. The predicted molar refractivity (Wildman–Crippen MR) is 250 cm³/mol. The number of likely N-dealkylation sites (tertiary alicyclic amines) is 2. The van der Waals surface area contributed by atoms with Gasteiger partial charge in [0.05, 0.1) is 48.4 Å². The molecule has 4 amide bonds. The first-order valence-corrected chi connectivity index (χ1v) is 22.9. The molecule has 2 aliphatic heterocycles. The normalized spacial score (nSPS) is 17.6. The largest absolute Gasteiger partial charge is 0.453 e. The molecule has 64 heavy (non-hydrogen) atoms. The van der Waals surface area contributed by atoms with Gasteiger partial charge in [-0.05, 0) is 114 Å². The number of benzene rings is 4. The second-order valence-corrected chi connectivity index (χ2v) is 18.8. The van der Waals surface area contributed by atoms with Crippen LogP contribution in [0.1, 0.15) is 82.7 Å². The van der Waals surface area contributed by atoms with Crippen LogP contribution in [-0.4, -0.2) is 93.1 Å². The number of aromatic amines is 2. The number of hydrogen-bond donors (Lipinski definition) is 4. The molecule has 2 fully saturated rings. The molecule has 332 valence electrons. The van der Waals surface area contributed by atoms with Crippen LogP contribution in [0.4, 0.5) is 9.59 Å². The van der Waals surface area contributed by atoms with Crippen molar-refractivity contribution in [3.63, 3.8) is 0 Å². The van der Waals surface area contributed by atoms with Gasteiger partial charge in [0.15, 0.2) is 0 Å². The fraction of sp³-hybridized carbons (Fsp3) is 0.388. The molecule has 9 rings (SSSR count). The summed E-state index contributed by atoms with van der Waals surface area (Å²) in [6.07, 6.45) is 2.02. The number of aromatic nitrogens is 4. The minimum Gasteiger partial charge on any atom is -0.453 e. The maximum Gasteiger partial charge on any atom is 0.407 e. The number of fused-ring (bicyclic) bond motifs is 5. The number of amides is 4. The minimum absolute atomic E-state index is 0.109. The summed E-state index contributed by atoms with van der Waals surface area (Å²) in [5, 5.41) is 8.79. The van der Waals surface area contributed by atoms with E-state index in [-0.39, 0.29) is 35.7 Å². The van der Waals surface area contributed by atoms with Crippen LogP contribution in [0.3, 0.4) is 0 Å². The summed E-state index contributed by atoms with van der Waals surface area (Å²) in [5.74, 6) is 1.01. The molecule has 4 N–H and O–H groups in total. The molecule has 0 spiro atoms. The highest BCUT2D eigenvalue weighted by atomic mass is 32.1. The topological polar surface area (TPSA) is 175 Å². The van der Waals surface area contributed by atoms with Crippen LogP contribution in [0.25, 0.3) is 64.5 Å². The van der Waals surface area contributed by atoms with Gasteiger partial charge >= 0.3 is 12.2 Å². The van der Waals surface area contributed by atoms with E-state index < -0.39 is 24.3 Å². The molecule has 4 atom stereocenters. The molecule has 2 aliphatic rings. The van der Waals surface area contributed by atoms with Gasteiger partial charge in [0.25, 0.3) is 0 Å². The molecule has 0 radical (unpaired) electrons. The zero-order valence-electron chi connectivity index (χ0n) is 37.2.